The fourth-order valence-corrected chi connectivity index (χ4v) is 2.43. The van der Waals surface area contributed by atoms with Gasteiger partial charge in [0.15, 0.2) is 0 Å². The van der Waals surface area contributed by atoms with E-state index in [2.05, 4.69) is 5.32 Å². The maximum atomic E-state index is 11.9. The maximum Gasteiger partial charge on any atom is 0.224 e. The number of hydrogen-bond acceptors (Lipinski definition) is 3. The molecule has 0 fully saturated rings. The number of amides is 1. The number of rotatable bonds is 6. The highest BCUT2D eigenvalue weighted by molar-refractivity contribution is 6.35. The van der Waals surface area contributed by atoms with E-state index < -0.39 is 0 Å². The van der Waals surface area contributed by atoms with Gasteiger partial charge in [-0.3, -0.25) is 4.79 Å². The predicted molar refractivity (Wildman–Crippen MR) is 92.7 cm³/mol. The van der Waals surface area contributed by atoms with Gasteiger partial charge in [0.1, 0.15) is 11.5 Å². The first-order chi connectivity index (χ1) is 11.0. The zero-order valence-electron chi connectivity index (χ0n) is 12.6. The van der Waals surface area contributed by atoms with E-state index in [-0.39, 0.29) is 18.1 Å². The smallest absolute Gasteiger partial charge is 0.224 e. The van der Waals surface area contributed by atoms with E-state index in [9.17, 15) is 9.90 Å². The summed E-state index contributed by atoms with van der Waals surface area (Å²) in [6, 6.07) is 10.1. The Morgan fingerprint density at radius 1 is 1.22 bits per heavy atom. The van der Waals surface area contributed by atoms with Crippen LogP contribution in [0.15, 0.2) is 36.4 Å². The van der Waals surface area contributed by atoms with Crippen molar-refractivity contribution >= 4 is 34.8 Å². The SMILES string of the molecule is Cc1ccc(NC(=O)CCCOc2ccc(Cl)cc2Cl)c(O)c1. The number of nitrogens with one attached hydrogen (secondary N) is 1. The molecule has 0 saturated carbocycles. The number of halogens is 2. The van der Waals surface area contributed by atoms with Gasteiger partial charge in [-0.05, 0) is 49.2 Å². The zero-order chi connectivity index (χ0) is 16.8. The van der Waals surface area contributed by atoms with E-state index in [4.69, 9.17) is 27.9 Å². The molecule has 0 bridgehead atoms. The molecule has 122 valence electrons. The van der Waals surface area contributed by atoms with E-state index in [1.165, 1.54) is 0 Å². The van der Waals surface area contributed by atoms with Crippen molar-refractivity contribution in [3.63, 3.8) is 0 Å². The Labute approximate surface area is 145 Å². The van der Waals surface area contributed by atoms with Crippen molar-refractivity contribution in [1.29, 1.82) is 0 Å². The second-order valence-electron chi connectivity index (χ2n) is 5.10. The minimum Gasteiger partial charge on any atom is -0.506 e. The molecule has 2 N–H and O–H groups in total. The fourth-order valence-electron chi connectivity index (χ4n) is 1.97. The second kappa shape index (κ2) is 8.09. The third-order valence-corrected chi connectivity index (χ3v) is 3.66. The van der Waals surface area contributed by atoms with Gasteiger partial charge < -0.3 is 15.2 Å². The third-order valence-electron chi connectivity index (χ3n) is 3.13. The summed E-state index contributed by atoms with van der Waals surface area (Å²) in [5, 5.41) is 13.4. The van der Waals surface area contributed by atoms with Crippen molar-refractivity contribution in [2.45, 2.75) is 19.8 Å². The monoisotopic (exact) mass is 353 g/mol. The average Bonchev–Trinajstić information content (AvgIpc) is 2.48. The van der Waals surface area contributed by atoms with Crippen LogP contribution in [0.2, 0.25) is 10.0 Å². The lowest BCUT2D eigenvalue weighted by Gasteiger charge is -2.09. The summed E-state index contributed by atoms with van der Waals surface area (Å²) in [4.78, 5) is 11.9. The maximum absolute atomic E-state index is 11.9. The lowest BCUT2D eigenvalue weighted by atomic mass is 10.2. The van der Waals surface area contributed by atoms with Gasteiger partial charge in [-0.1, -0.05) is 29.3 Å². The normalized spacial score (nSPS) is 10.4. The van der Waals surface area contributed by atoms with Gasteiger partial charge in [0, 0.05) is 11.4 Å². The van der Waals surface area contributed by atoms with E-state index in [0.717, 1.165) is 5.56 Å². The number of hydrogen-bond donors (Lipinski definition) is 2. The molecule has 0 aliphatic heterocycles. The Morgan fingerprint density at radius 2 is 2.00 bits per heavy atom. The zero-order valence-corrected chi connectivity index (χ0v) is 14.1. The summed E-state index contributed by atoms with van der Waals surface area (Å²) in [5.41, 5.74) is 1.33. The summed E-state index contributed by atoms with van der Waals surface area (Å²) in [5.74, 6) is 0.408. The van der Waals surface area contributed by atoms with Crippen molar-refractivity contribution < 1.29 is 14.6 Å². The van der Waals surface area contributed by atoms with E-state index in [1.54, 1.807) is 30.3 Å². The summed E-state index contributed by atoms with van der Waals surface area (Å²) in [7, 11) is 0. The third kappa shape index (κ3) is 5.34. The first-order valence-electron chi connectivity index (χ1n) is 7.13. The van der Waals surface area contributed by atoms with Gasteiger partial charge in [-0.2, -0.15) is 0 Å². The molecule has 0 unspecified atom stereocenters. The molecular formula is C17H17Cl2NO3. The lowest BCUT2D eigenvalue weighted by Crippen LogP contribution is -2.13. The Bertz CT molecular complexity index is 704. The molecule has 0 aliphatic rings. The second-order valence-corrected chi connectivity index (χ2v) is 5.94. The van der Waals surface area contributed by atoms with Crippen LogP contribution >= 0.6 is 23.2 Å². The molecule has 0 aliphatic carbocycles. The topological polar surface area (TPSA) is 58.6 Å². The standard InChI is InChI=1S/C17H17Cl2NO3/c1-11-4-6-14(15(21)9-11)20-17(22)3-2-8-23-16-7-5-12(18)10-13(16)19/h4-7,9-10,21H,2-3,8H2,1H3,(H,20,22). The van der Waals surface area contributed by atoms with Crippen LogP contribution in [0.3, 0.4) is 0 Å². The first-order valence-corrected chi connectivity index (χ1v) is 7.88. The molecule has 4 nitrogen and oxygen atoms in total. The summed E-state index contributed by atoms with van der Waals surface area (Å²) < 4.78 is 5.51. The molecule has 0 aromatic heterocycles. The number of ether oxygens (including phenoxy) is 1. The number of anilines is 1. The van der Waals surface area contributed by atoms with Crippen molar-refractivity contribution in [2.24, 2.45) is 0 Å². The van der Waals surface area contributed by atoms with Crippen molar-refractivity contribution in [2.75, 3.05) is 11.9 Å². The van der Waals surface area contributed by atoms with Crippen molar-refractivity contribution in [3.05, 3.63) is 52.0 Å². The number of phenols is 1. The molecule has 0 heterocycles. The number of benzene rings is 2. The fraction of sp³-hybridized carbons (Fsp3) is 0.235. The Morgan fingerprint density at radius 3 is 2.70 bits per heavy atom. The average molecular weight is 354 g/mol. The van der Waals surface area contributed by atoms with Crippen LogP contribution in [-0.2, 0) is 4.79 Å². The number of aromatic hydroxyl groups is 1. The van der Waals surface area contributed by atoms with Gasteiger partial charge in [0.2, 0.25) is 5.91 Å². The van der Waals surface area contributed by atoms with Crippen LogP contribution in [0.4, 0.5) is 5.69 Å². The van der Waals surface area contributed by atoms with E-state index in [0.29, 0.717) is 34.5 Å². The van der Waals surface area contributed by atoms with Crippen LogP contribution in [0, 0.1) is 6.92 Å². The molecule has 2 aromatic carbocycles. The summed E-state index contributed by atoms with van der Waals surface area (Å²) in [6.45, 7) is 2.22. The minimum absolute atomic E-state index is 0.0579. The lowest BCUT2D eigenvalue weighted by molar-refractivity contribution is -0.116. The summed E-state index contributed by atoms with van der Waals surface area (Å²) >= 11 is 11.8. The largest absolute Gasteiger partial charge is 0.506 e. The number of aryl methyl sites for hydroxylation is 1. The van der Waals surface area contributed by atoms with Crippen LogP contribution in [0.25, 0.3) is 0 Å². The van der Waals surface area contributed by atoms with Crippen LogP contribution in [-0.4, -0.2) is 17.6 Å². The van der Waals surface area contributed by atoms with Crippen molar-refractivity contribution in [3.8, 4) is 11.5 Å². The van der Waals surface area contributed by atoms with E-state index in [1.807, 2.05) is 13.0 Å². The Balaban J connectivity index is 1.76. The quantitative estimate of drug-likeness (QED) is 0.578. The molecule has 0 radical (unpaired) electrons. The highest BCUT2D eigenvalue weighted by Gasteiger charge is 2.07. The Hall–Kier alpha value is -1.91. The number of carbonyl (C=O) groups excluding carboxylic acids is 1. The molecule has 0 atom stereocenters. The molecular weight excluding hydrogens is 337 g/mol. The Kier molecular flexibility index (Phi) is 6.13. The van der Waals surface area contributed by atoms with Crippen LogP contribution in [0.1, 0.15) is 18.4 Å². The molecule has 2 rings (SSSR count). The summed E-state index contributed by atoms with van der Waals surface area (Å²) in [6.07, 6.45) is 0.802. The van der Waals surface area contributed by atoms with Gasteiger partial charge in [0.05, 0.1) is 17.3 Å². The molecule has 23 heavy (non-hydrogen) atoms. The number of phenolic OH excluding ortho intramolecular Hbond substituents is 1. The van der Waals surface area contributed by atoms with Gasteiger partial charge >= 0.3 is 0 Å². The van der Waals surface area contributed by atoms with Gasteiger partial charge in [-0.15, -0.1) is 0 Å². The predicted octanol–water partition coefficient (Wildman–Crippen LogP) is 4.81. The van der Waals surface area contributed by atoms with Crippen LogP contribution in [0.5, 0.6) is 11.5 Å². The highest BCUT2D eigenvalue weighted by atomic mass is 35.5. The van der Waals surface area contributed by atoms with Gasteiger partial charge in [0.25, 0.3) is 0 Å². The van der Waals surface area contributed by atoms with E-state index >= 15 is 0 Å². The number of carbonyl (C=O) groups is 1. The highest BCUT2D eigenvalue weighted by Crippen LogP contribution is 2.27. The van der Waals surface area contributed by atoms with Gasteiger partial charge in [-0.25, -0.2) is 0 Å². The van der Waals surface area contributed by atoms with Crippen molar-refractivity contribution in [1.82, 2.24) is 0 Å². The molecule has 1 amide bonds. The first kappa shape index (κ1) is 17.4. The minimum atomic E-state index is -0.185. The molecule has 0 spiro atoms. The molecule has 6 heteroatoms. The van der Waals surface area contributed by atoms with Crippen LogP contribution < -0.4 is 10.1 Å². The molecule has 0 saturated heterocycles. The molecule has 2 aromatic rings.